The molecule has 17 nitrogen and oxygen atoms in total. The molecule has 4 N–H and O–H groups in total. The number of hydrogen-bond donors (Lipinski definition) is 4. The number of para-hydroxylation sites is 1. The van der Waals surface area contributed by atoms with Gasteiger partial charge in [-0.05, 0) is 58.6 Å². The zero-order valence-corrected chi connectivity index (χ0v) is 31.7. The van der Waals surface area contributed by atoms with Crippen LogP contribution in [0.2, 0.25) is 0 Å². The van der Waals surface area contributed by atoms with Crippen molar-refractivity contribution >= 4 is 45.8 Å². The van der Waals surface area contributed by atoms with Crippen LogP contribution in [-0.2, 0) is 38.7 Å². The molecule has 6 amide bonds. The molecule has 0 aromatic heterocycles. The molecular formula is C35H50N6O11S. The van der Waals surface area contributed by atoms with Gasteiger partial charge >= 0.3 is 12.2 Å². The highest BCUT2D eigenvalue weighted by atomic mass is 32.2. The van der Waals surface area contributed by atoms with Crippen molar-refractivity contribution in [3.05, 3.63) is 36.4 Å². The van der Waals surface area contributed by atoms with Crippen molar-refractivity contribution in [1.29, 1.82) is 0 Å². The van der Waals surface area contributed by atoms with Crippen LogP contribution in [0.1, 0.15) is 65.7 Å². The molecule has 4 rings (SSSR count). The van der Waals surface area contributed by atoms with Crippen LogP contribution in [-0.4, -0.2) is 118 Å². The zero-order chi connectivity index (χ0) is 39.1. The number of carbonyl (C=O) groups excluding carboxylic acids is 6. The Morgan fingerprint density at radius 2 is 1.79 bits per heavy atom. The predicted octanol–water partition coefficient (Wildman–Crippen LogP) is 1.57. The monoisotopic (exact) mass is 762 g/mol. The highest BCUT2D eigenvalue weighted by molar-refractivity contribution is 7.90. The molecule has 0 radical (unpaired) electrons. The van der Waals surface area contributed by atoms with E-state index in [-0.39, 0.29) is 31.6 Å². The summed E-state index contributed by atoms with van der Waals surface area (Å²) in [6.45, 7) is 4.41. The van der Waals surface area contributed by atoms with Gasteiger partial charge in [-0.3, -0.25) is 19.2 Å². The summed E-state index contributed by atoms with van der Waals surface area (Å²) in [5.74, 6) is -3.64. The third kappa shape index (κ3) is 10.6. The van der Waals surface area contributed by atoms with E-state index in [4.69, 9.17) is 14.2 Å². The Morgan fingerprint density at radius 3 is 2.47 bits per heavy atom. The molecule has 0 unspecified atom stereocenters. The normalized spacial score (nSPS) is 24.9. The van der Waals surface area contributed by atoms with Crippen LogP contribution in [0.3, 0.4) is 0 Å². The van der Waals surface area contributed by atoms with Gasteiger partial charge in [-0.15, -0.1) is 0 Å². The SMILES string of the molecule is CNC(=O)COc1ccccc1S(=O)(=O)NC(=O)[C@@]12C[C@H]1C=CCCCCC[C@H](NC(=O)OC(C)(C)C)C(=O)N1C[C@H](OC(=O)N(C)C)C[C@H]1C(=O)N2. The maximum Gasteiger partial charge on any atom is 0.409 e. The molecule has 2 aliphatic heterocycles. The summed E-state index contributed by atoms with van der Waals surface area (Å²) < 4.78 is 45.7. The van der Waals surface area contributed by atoms with Crippen LogP contribution in [0.5, 0.6) is 5.75 Å². The highest BCUT2D eigenvalue weighted by Gasteiger charge is 2.62. The van der Waals surface area contributed by atoms with Crippen LogP contribution in [0.15, 0.2) is 41.3 Å². The van der Waals surface area contributed by atoms with E-state index in [1.54, 1.807) is 26.8 Å². The fraction of sp³-hybridized carbons (Fsp3) is 0.600. The van der Waals surface area contributed by atoms with E-state index >= 15 is 0 Å². The molecule has 1 aromatic rings. The van der Waals surface area contributed by atoms with Crippen molar-refractivity contribution in [3.63, 3.8) is 0 Å². The molecule has 2 heterocycles. The summed E-state index contributed by atoms with van der Waals surface area (Å²) in [5, 5.41) is 7.76. The van der Waals surface area contributed by atoms with Gasteiger partial charge in [-0.2, -0.15) is 0 Å². The first-order valence-corrected chi connectivity index (χ1v) is 19.0. The number of hydrogen-bond acceptors (Lipinski definition) is 11. The van der Waals surface area contributed by atoms with Gasteiger partial charge < -0.3 is 40.0 Å². The van der Waals surface area contributed by atoms with E-state index in [0.717, 1.165) is 6.42 Å². The van der Waals surface area contributed by atoms with Crippen molar-refractivity contribution in [3.8, 4) is 5.75 Å². The van der Waals surface area contributed by atoms with Gasteiger partial charge in [0.15, 0.2) is 6.61 Å². The molecule has 1 aromatic carbocycles. The Kier molecular flexibility index (Phi) is 13.0. The molecule has 18 heteroatoms. The smallest absolute Gasteiger partial charge is 0.409 e. The number of likely N-dealkylation sites (N-methyl/N-ethyl adjacent to an activating group) is 1. The minimum absolute atomic E-state index is 0.0634. The highest BCUT2D eigenvalue weighted by Crippen LogP contribution is 2.46. The van der Waals surface area contributed by atoms with E-state index < -0.39 is 92.6 Å². The van der Waals surface area contributed by atoms with E-state index in [2.05, 4.69) is 20.7 Å². The standard InChI is InChI=1S/C35H50N6O11S/c1-34(2,3)52-32(46)37-24-15-11-9-7-8-10-14-22-19-35(22,38-29(43)25-18-23(20-41(25)30(24)44)51-33(47)40(5)6)31(45)39-53(48,49)27-17-13-12-16-26(27)50-21-28(42)36-4/h10,12-14,16-17,22-25H,7-9,11,15,18-21H2,1-6H3,(H,36,42)(H,37,46)(H,38,43)(H,39,45)/t22-,23-,24+,25+,35-/m1/s1. The number of alkyl carbamates (subject to hydrolysis) is 1. The number of allylic oxidation sites excluding steroid dienone is 1. The lowest BCUT2D eigenvalue weighted by Gasteiger charge is -2.30. The zero-order valence-electron chi connectivity index (χ0n) is 30.9. The lowest BCUT2D eigenvalue weighted by molar-refractivity contribution is -0.141. The predicted molar refractivity (Wildman–Crippen MR) is 190 cm³/mol. The number of sulfonamides is 1. The molecular weight excluding hydrogens is 712 g/mol. The summed E-state index contributed by atoms with van der Waals surface area (Å²) in [5.41, 5.74) is -2.55. The van der Waals surface area contributed by atoms with Crippen molar-refractivity contribution in [2.24, 2.45) is 5.92 Å². The fourth-order valence-electron chi connectivity index (χ4n) is 6.14. The van der Waals surface area contributed by atoms with Gasteiger partial charge in [0, 0.05) is 33.5 Å². The molecule has 1 saturated carbocycles. The van der Waals surface area contributed by atoms with Crippen molar-refractivity contribution in [1.82, 2.24) is 30.5 Å². The van der Waals surface area contributed by atoms with Gasteiger partial charge in [0.25, 0.3) is 21.8 Å². The molecule has 1 aliphatic carbocycles. The minimum atomic E-state index is -4.59. The van der Waals surface area contributed by atoms with Crippen molar-refractivity contribution < 1.29 is 51.4 Å². The second-order valence-electron chi connectivity index (χ2n) is 14.5. The summed E-state index contributed by atoms with van der Waals surface area (Å²) in [7, 11) is -0.222. The van der Waals surface area contributed by atoms with E-state index in [0.29, 0.717) is 19.3 Å². The molecule has 3 aliphatic rings. The van der Waals surface area contributed by atoms with Gasteiger partial charge in [-0.25, -0.2) is 22.7 Å². The van der Waals surface area contributed by atoms with Crippen LogP contribution in [0.25, 0.3) is 0 Å². The van der Waals surface area contributed by atoms with Gasteiger partial charge in [0.1, 0.15) is 40.0 Å². The number of ether oxygens (including phenoxy) is 3. The third-order valence-corrected chi connectivity index (χ3v) is 10.3. The van der Waals surface area contributed by atoms with Crippen molar-refractivity contribution in [2.45, 2.75) is 99.9 Å². The Hall–Kier alpha value is -4.87. The topological polar surface area (TPSA) is 219 Å². The van der Waals surface area contributed by atoms with Crippen LogP contribution in [0.4, 0.5) is 9.59 Å². The second-order valence-corrected chi connectivity index (χ2v) is 16.2. The van der Waals surface area contributed by atoms with Gasteiger partial charge in [0.2, 0.25) is 11.8 Å². The van der Waals surface area contributed by atoms with Crippen molar-refractivity contribution in [2.75, 3.05) is 34.3 Å². The minimum Gasteiger partial charge on any atom is -0.482 e. The Balaban J connectivity index is 1.65. The van der Waals surface area contributed by atoms with Gasteiger partial charge in [-0.1, -0.05) is 37.1 Å². The quantitative estimate of drug-likeness (QED) is 0.279. The van der Waals surface area contributed by atoms with Crippen LogP contribution >= 0.6 is 0 Å². The Bertz CT molecular complexity index is 1710. The maximum absolute atomic E-state index is 14.2. The summed E-state index contributed by atoms with van der Waals surface area (Å²) >= 11 is 0. The first kappa shape index (κ1) is 40.9. The maximum atomic E-state index is 14.2. The third-order valence-electron chi connectivity index (χ3n) is 8.97. The van der Waals surface area contributed by atoms with Crippen LogP contribution < -0.4 is 25.4 Å². The number of nitrogens with zero attached hydrogens (tertiary/aromatic N) is 2. The number of nitrogens with one attached hydrogen (secondary N) is 4. The number of amides is 6. The fourth-order valence-corrected chi connectivity index (χ4v) is 7.32. The molecule has 2 fully saturated rings. The molecule has 0 bridgehead atoms. The first-order chi connectivity index (χ1) is 24.9. The Morgan fingerprint density at radius 1 is 1.08 bits per heavy atom. The van der Waals surface area contributed by atoms with Gasteiger partial charge in [0.05, 0.1) is 6.54 Å². The van der Waals surface area contributed by atoms with Crippen LogP contribution in [0, 0.1) is 5.92 Å². The summed E-state index contributed by atoms with van der Waals surface area (Å²) in [6.07, 6.45) is 3.99. The summed E-state index contributed by atoms with van der Waals surface area (Å²) in [6, 6.07) is 3.16. The van der Waals surface area contributed by atoms with E-state index in [1.165, 1.54) is 55.2 Å². The summed E-state index contributed by atoms with van der Waals surface area (Å²) in [4.78, 5) is 81.5. The molecule has 292 valence electrons. The van der Waals surface area contributed by atoms with E-state index in [1.807, 2.05) is 6.08 Å². The lowest BCUT2D eigenvalue weighted by atomic mass is 10.0. The molecule has 5 atom stereocenters. The number of rotatable bonds is 8. The van der Waals surface area contributed by atoms with E-state index in [9.17, 15) is 37.2 Å². The molecule has 1 saturated heterocycles. The lowest BCUT2D eigenvalue weighted by Crippen LogP contribution is -2.58. The second kappa shape index (κ2) is 16.9. The number of fused-ring (bicyclic) bond motifs is 2. The average molecular weight is 763 g/mol. The number of carbonyl (C=O) groups is 6. The Labute approximate surface area is 309 Å². The molecule has 0 spiro atoms. The molecule has 53 heavy (non-hydrogen) atoms. The average Bonchev–Trinajstić information content (AvgIpc) is 3.61. The first-order valence-electron chi connectivity index (χ1n) is 17.5. The number of benzene rings is 1. The largest absolute Gasteiger partial charge is 0.482 e.